The second-order valence-corrected chi connectivity index (χ2v) is 6.30. The van der Waals surface area contributed by atoms with Gasteiger partial charge in [0.25, 0.3) is 0 Å². The molecule has 0 bridgehead atoms. The molecule has 1 aliphatic rings. The van der Waals surface area contributed by atoms with Crippen LogP contribution < -0.4 is 0 Å². The maximum atomic E-state index is 8.04. The molecule has 19 heavy (non-hydrogen) atoms. The summed E-state index contributed by atoms with van der Waals surface area (Å²) in [5.74, 6) is 0.778. The van der Waals surface area contributed by atoms with Crippen LogP contribution in [0, 0.1) is 0 Å². The molecule has 0 aromatic heterocycles. The highest BCUT2D eigenvalue weighted by molar-refractivity contribution is 5.42. The minimum absolute atomic E-state index is 0.183. The molecule has 1 aliphatic carbocycles. The van der Waals surface area contributed by atoms with Gasteiger partial charge in [0.1, 0.15) is 0 Å². The van der Waals surface area contributed by atoms with E-state index >= 15 is 0 Å². The Hall–Kier alpha value is -1.56. The average molecular weight is 251 g/mol. The van der Waals surface area contributed by atoms with Gasteiger partial charge < -0.3 is 0 Å². The second kappa shape index (κ2) is 4.52. The molecular formula is C19H22. The molecule has 0 N–H and O–H groups in total. The average Bonchev–Trinajstić information content (AvgIpc) is 2.48. The van der Waals surface area contributed by atoms with Crippen molar-refractivity contribution < 1.29 is 1.37 Å². The van der Waals surface area contributed by atoms with Crippen molar-refractivity contribution in [2.75, 3.05) is 0 Å². The Morgan fingerprint density at radius 3 is 2.42 bits per heavy atom. The summed E-state index contributed by atoms with van der Waals surface area (Å²) in [6.07, 6.45) is 1.12. The Kier molecular flexibility index (Phi) is 2.69. The van der Waals surface area contributed by atoms with Crippen molar-refractivity contribution in [3.8, 4) is 0 Å². The summed E-state index contributed by atoms with van der Waals surface area (Å²) in [6.45, 7) is 5.14. The van der Waals surface area contributed by atoms with Gasteiger partial charge >= 0.3 is 0 Å². The van der Waals surface area contributed by atoms with Crippen molar-refractivity contribution in [3.63, 3.8) is 0 Å². The van der Waals surface area contributed by atoms with Crippen LogP contribution in [0.5, 0.6) is 0 Å². The lowest BCUT2D eigenvalue weighted by atomic mass is 9.62. The maximum absolute atomic E-state index is 8.04. The Balaban J connectivity index is 2.11. The number of hydrogen-bond acceptors (Lipinski definition) is 0. The summed E-state index contributed by atoms with van der Waals surface area (Å²) in [4.78, 5) is 0. The van der Waals surface area contributed by atoms with Crippen molar-refractivity contribution >= 4 is 0 Å². The van der Waals surface area contributed by atoms with E-state index in [1.54, 1.807) is 0 Å². The number of fused-ring (bicyclic) bond motifs is 1. The smallest absolute Gasteiger partial charge is 0.0237 e. The summed E-state index contributed by atoms with van der Waals surface area (Å²) in [5, 5.41) is 0. The molecule has 3 rings (SSSR count). The Bertz CT molecular complexity index is 586. The molecule has 0 fully saturated rings. The minimum atomic E-state index is 0.183. The zero-order valence-corrected chi connectivity index (χ0v) is 11.8. The lowest BCUT2D eigenvalue weighted by Crippen LogP contribution is -2.30. The van der Waals surface area contributed by atoms with Crippen LogP contribution in [0.15, 0.2) is 54.6 Å². The lowest BCUT2D eigenvalue weighted by Gasteiger charge is -2.41. The van der Waals surface area contributed by atoms with Gasteiger partial charge in [0.05, 0.1) is 0 Å². The van der Waals surface area contributed by atoms with Crippen molar-refractivity contribution in [2.45, 2.75) is 44.4 Å². The molecule has 0 heteroatoms. The lowest BCUT2D eigenvalue weighted by molar-refractivity contribution is 0.357. The van der Waals surface area contributed by atoms with Gasteiger partial charge in [0, 0.05) is 1.37 Å². The molecule has 2 aromatic rings. The molecule has 0 saturated carbocycles. The van der Waals surface area contributed by atoms with Crippen LogP contribution in [-0.2, 0) is 5.41 Å². The number of hydrogen-bond donors (Lipinski definition) is 0. The molecule has 0 heterocycles. The van der Waals surface area contributed by atoms with Crippen molar-refractivity contribution in [3.05, 3.63) is 71.3 Å². The first-order valence-corrected chi connectivity index (χ1v) is 7.07. The fraction of sp³-hybridized carbons (Fsp3) is 0.368. The van der Waals surface area contributed by atoms with Gasteiger partial charge in [-0.15, -0.1) is 0 Å². The van der Waals surface area contributed by atoms with Crippen LogP contribution in [0.3, 0.4) is 0 Å². The molecule has 0 aliphatic heterocycles. The molecule has 0 unspecified atom stereocenters. The predicted octanol–water partition coefficient (Wildman–Crippen LogP) is 5.26. The Labute approximate surface area is 117 Å². The maximum Gasteiger partial charge on any atom is 0.0237 e. The monoisotopic (exact) mass is 251 g/mol. The summed E-state index contributed by atoms with van der Waals surface area (Å²) in [6, 6.07) is 19.5. The SMILES string of the molecule is [2H]C[C@H]1c2ccccc2C(C)(C)C[C@H]1c1ccccc1. The van der Waals surface area contributed by atoms with E-state index in [4.69, 9.17) is 1.37 Å². The topological polar surface area (TPSA) is 0 Å². The van der Waals surface area contributed by atoms with E-state index < -0.39 is 0 Å². The molecular weight excluding hydrogens is 228 g/mol. The third-order valence-electron chi connectivity index (χ3n) is 4.53. The third-order valence-corrected chi connectivity index (χ3v) is 4.53. The fourth-order valence-corrected chi connectivity index (χ4v) is 3.51. The van der Waals surface area contributed by atoms with Crippen LogP contribution in [-0.4, -0.2) is 0 Å². The van der Waals surface area contributed by atoms with Gasteiger partial charge in [-0.05, 0) is 40.4 Å². The predicted molar refractivity (Wildman–Crippen MR) is 81.7 cm³/mol. The van der Waals surface area contributed by atoms with Gasteiger partial charge in [0.15, 0.2) is 0 Å². The molecule has 0 saturated heterocycles. The highest BCUT2D eigenvalue weighted by Crippen LogP contribution is 2.49. The van der Waals surface area contributed by atoms with E-state index in [1.807, 2.05) is 0 Å². The molecule has 0 spiro atoms. The highest BCUT2D eigenvalue weighted by Gasteiger charge is 2.37. The van der Waals surface area contributed by atoms with E-state index in [9.17, 15) is 0 Å². The summed E-state index contributed by atoms with van der Waals surface area (Å²) in [7, 11) is 0. The van der Waals surface area contributed by atoms with E-state index in [2.05, 4.69) is 68.4 Å². The number of rotatable bonds is 1. The normalized spacial score (nSPS) is 25.5. The molecule has 0 radical (unpaired) electrons. The number of benzene rings is 2. The minimum Gasteiger partial charge on any atom is -0.0622 e. The standard InChI is InChI=1S/C19H22/c1-14-16-11-7-8-12-18(16)19(2,3)13-17(14)15-9-5-4-6-10-15/h4-12,14,17H,13H2,1-3H3/t14-,17+/m0/s1/i1D. The Morgan fingerprint density at radius 1 is 1.00 bits per heavy atom. The van der Waals surface area contributed by atoms with Gasteiger partial charge in [-0.1, -0.05) is 75.3 Å². The zero-order valence-electron chi connectivity index (χ0n) is 12.8. The van der Waals surface area contributed by atoms with E-state index in [0.717, 1.165) is 6.42 Å². The zero-order chi connectivity index (χ0) is 14.2. The van der Waals surface area contributed by atoms with Crippen LogP contribution in [0.25, 0.3) is 0 Å². The largest absolute Gasteiger partial charge is 0.0622 e. The van der Waals surface area contributed by atoms with Gasteiger partial charge in [0.2, 0.25) is 0 Å². The van der Waals surface area contributed by atoms with Crippen molar-refractivity contribution in [2.24, 2.45) is 0 Å². The quantitative estimate of drug-likeness (QED) is 0.649. The van der Waals surface area contributed by atoms with Crippen molar-refractivity contribution in [1.29, 1.82) is 0 Å². The van der Waals surface area contributed by atoms with Crippen molar-refractivity contribution in [1.82, 2.24) is 0 Å². The first kappa shape index (κ1) is 11.3. The molecule has 2 aromatic carbocycles. The molecule has 98 valence electrons. The van der Waals surface area contributed by atoms with Crippen LogP contribution in [0.4, 0.5) is 0 Å². The second-order valence-electron chi connectivity index (χ2n) is 6.30. The first-order valence-electron chi connectivity index (χ1n) is 7.78. The van der Waals surface area contributed by atoms with E-state index in [-0.39, 0.29) is 5.41 Å². The molecule has 2 atom stereocenters. The van der Waals surface area contributed by atoms with Gasteiger partial charge in [-0.2, -0.15) is 0 Å². The third kappa shape index (κ3) is 2.10. The van der Waals surface area contributed by atoms with Crippen LogP contribution in [0.2, 0.25) is 0 Å². The van der Waals surface area contributed by atoms with E-state index in [0.29, 0.717) is 18.7 Å². The van der Waals surface area contributed by atoms with Crippen LogP contribution >= 0.6 is 0 Å². The van der Waals surface area contributed by atoms with Crippen LogP contribution in [0.1, 0.15) is 57.1 Å². The first-order chi connectivity index (χ1) is 9.63. The molecule has 0 nitrogen and oxygen atoms in total. The summed E-state index contributed by atoms with van der Waals surface area (Å²) in [5.41, 5.74) is 4.38. The fourth-order valence-electron chi connectivity index (χ4n) is 3.51. The highest BCUT2D eigenvalue weighted by atomic mass is 14.4. The van der Waals surface area contributed by atoms with E-state index in [1.165, 1.54) is 16.7 Å². The molecule has 0 amide bonds. The van der Waals surface area contributed by atoms with Gasteiger partial charge in [-0.3, -0.25) is 0 Å². The van der Waals surface area contributed by atoms with Gasteiger partial charge in [-0.25, -0.2) is 0 Å². The Morgan fingerprint density at radius 2 is 1.68 bits per heavy atom. The summed E-state index contributed by atoms with van der Waals surface area (Å²) >= 11 is 0. The summed E-state index contributed by atoms with van der Waals surface area (Å²) < 4.78 is 8.04.